The molecule has 0 aromatic heterocycles. The molecule has 3 aliphatic rings. The normalized spacial score (nSPS) is 19.9. The van der Waals surface area contributed by atoms with Gasteiger partial charge in [-0.2, -0.15) is 18.4 Å². The van der Waals surface area contributed by atoms with Gasteiger partial charge in [-0.15, -0.1) is 0 Å². The number of halogens is 3. The molecule has 2 aromatic carbocycles. The van der Waals surface area contributed by atoms with Crippen LogP contribution in [0.1, 0.15) is 48.4 Å². The third-order valence-corrected chi connectivity index (χ3v) is 6.54. The van der Waals surface area contributed by atoms with Crippen molar-refractivity contribution < 1.29 is 27.6 Å². The number of ketones is 1. The zero-order valence-corrected chi connectivity index (χ0v) is 19.0. The van der Waals surface area contributed by atoms with Crippen molar-refractivity contribution in [1.29, 1.82) is 5.26 Å². The number of nitrogens with zero attached hydrogens (tertiary/aromatic N) is 3. The molecule has 1 unspecified atom stereocenters. The van der Waals surface area contributed by atoms with Gasteiger partial charge in [0.1, 0.15) is 6.54 Å². The summed E-state index contributed by atoms with van der Waals surface area (Å²) in [6.07, 6.45) is -2.66. The van der Waals surface area contributed by atoms with Crippen LogP contribution in [0.2, 0.25) is 0 Å². The van der Waals surface area contributed by atoms with E-state index in [0.29, 0.717) is 16.8 Å². The number of nitrogens with one attached hydrogen (secondary N) is 1. The molecule has 1 heterocycles. The van der Waals surface area contributed by atoms with Crippen molar-refractivity contribution in [3.63, 3.8) is 0 Å². The Morgan fingerprint density at radius 1 is 1.08 bits per heavy atom. The van der Waals surface area contributed by atoms with Crippen LogP contribution in [0.25, 0.3) is 0 Å². The first-order valence-corrected chi connectivity index (χ1v) is 11.5. The molecule has 0 saturated heterocycles. The number of carbonyl (C=O) groups excluding carboxylic acids is 3. The van der Waals surface area contributed by atoms with Crippen LogP contribution in [-0.4, -0.2) is 35.2 Å². The minimum absolute atomic E-state index is 0.0251. The highest BCUT2D eigenvalue weighted by atomic mass is 19.4. The molecular weight excluding hydrogens is 473 g/mol. The number of rotatable bonds is 5. The fraction of sp³-hybridized carbons (Fsp3) is 0.308. The molecule has 184 valence electrons. The third kappa shape index (κ3) is 4.33. The van der Waals surface area contributed by atoms with Gasteiger partial charge < -0.3 is 10.2 Å². The summed E-state index contributed by atoms with van der Waals surface area (Å²) >= 11 is 0. The SMILES string of the molecule is N#Cc1ccc(C2C3=C(CCC3=O)N(c3cccc(C(F)(F)F)c3)C(=O)N2CC(=O)NC2CC2)cc1. The number of allylic oxidation sites excluding steroid dienone is 1. The lowest BCUT2D eigenvalue weighted by molar-refractivity contribution is -0.137. The summed E-state index contributed by atoms with van der Waals surface area (Å²) in [6, 6.07) is 11.2. The van der Waals surface area contributed by atoms with E-state index in [2.05, 4.69) is 5.32 Å². The minimum Gasteiger partial charge on any atom is -0.352 e. The Balaban J connectivity index is 1.63. The zero-order chi connectivity index (χ0) is 25.6. The Kier molecular flexibility index (Phi) is 5.79. The summed E-state index contributed by atoms with van der Waals surface area (Å²) in [5.41, 5.74) is 0.576. The summed E-state index contributed by atoms with van der Waals surface area (Å²) in [6.45, 7) is -0.375. The van der Waals surface area contributed by atoms with Gasteiger partial charge >= 0.3 is 12.2 Å². The number of hydrogen-bond donors (Lipinski definition) is 1. The van der Waals surface area contributed by atoms with Gasteiger partial charge in [-0.3, -0.25) is 14.5 Å². The van der Waals surface area contributed by atoms with E-state index < -0.39 is 29.7 Å². The van der Waals surface area contributed by atoms with Crippen molar-refractivity contribution in [3.8, 4) is 6.07 Å². The van der Waals surface area contributed by atoms with Crippen LogP contribution in [0.3, 0.4) is 0 Å². The lowest BCUT2D eigenvalue weighted by Gasteiger charge is -2.42. The maximum absolute atomic E-state index is 13.9. The number of anilines is 1. The second-order valence-corrected chi connectivity index (χ2v) is 9.06. The Hall–Kier alpha value is -4.13. The lowest BCUT2D eigenvalue weighted by Crippen LogP contribution is -2.53. The fourth-order valence-corrected chi connectivity index (χ4v) is 4.70. The Morgan fingerprint density at radius 2 is 1.81 bits per heavy atom. The second-order valence-electron chi connectivity index (χ2n) is 9.06. The van der Waals surface area contributed by atoms with Crippen LogP contribution in [0.15, 0.2) is 59.8 Å². The van der Waals surface area contributed by atoms with E-state index in [9.17, 15) is 27.6 Å². The molecule has 2 aliphatic carbocycles. The lowest BCUT2D eigenvalue weighted by atomic mass is 9.92. The standard InChI is InChI=1S/C26H21F3N4O3/c27-26(28,29)17-2-1-3-19(12-17)33-20-10-11-21(34)23(20)24(16-6-4-15(13-30)5-7-16)32(25(33)36)14-22(35)31-18-8-9-18/h1-7,12,18,24H,8-11,14H2,(H,31,35). The second kappa shape index (κ2) is 8.82. The van der Waals surface area contributed by atoms with Crippen LogP contribution >= 0.6 is 0 Å². The molecule has 0 bridgehead atoms. The van der Waals surface area contributed by atoms with Gasteiger partial charge in [-0.25, -0.2) is 4.79 Å². The number of hydrogen-bond acceptors (Lipinski definition) is 4. The van der Waals surface area contributed by atoms with Gasteiger partial charge in [0.2, 0.25) is 5.91 Å². The predicted molar refractivity (Wildman–Crippen MR) is 122 cm³/mol. The van der Waals surface area contributed by atoms with E-state index in [4.69, 9.17) is 5.26 Å². The minimum atomic E-state index is -4.62. The predicted octanol–water partition coefficient (Wildman–Crippen LogP) is 4.46. The van der Waals surface area contributed by atoms with Gasteiger partial charge in [0.15, 0.2) is 5.78 Å². The molecule has 0 spiro atoms. The van der Waals surface area contributed by atoms with Gasteiger partial charge in [-0.05, 0) is 55.2 Å². The molecule has 1 N–H and O–H groups in total. The number of alkyl halides is 3. The maximum atomic E-state index is 13.9. The van der Waals surface area contributed by atoms with Crippen LogP contribution in [-0.2, 0) is 15.8 Å². The average molecular weight is 494 g/mol. The number of benzene rings is 2. The van der Waals surface area contributed by atoms with Crippen molar-refractivity contribution in [2.24, 2.45) is 0 Å². The maximum Gasteiger partial charge on any atom is 0.416 e. The summed E-state index contributed by atoms with van der Waals surface area (Å²) in [5, 5.41) is 12.0. The number of nitriles is 1. The molecular formula is C26H21F3N4O3. The van der Waals surface area contributed by atoms with E-state index in [-0.39, 0.29) is 42.5 Å². The zero-order valence-electron chi connectivity index (χ0n) is 19.0. The first-order chi connectivity index (χ1) is 17.2. The number of Topliss-reactive ketones (excluding diaryl/α,β-unsaturated/α-hetero) is 1. The summed E-state index contributed by atoms with van der Waals surface area (Å²) in [4.78, 5) is 42.1. The summed E-state index contributed by atoms with van der Waals surface area (Å²) < 4.78 is 40.3. The first-order valence-electron chi connectivity index (χ1n) is 11.5. The molecule has 1 aliphatic heterocycles. The smallest absolute Gasteiger partial charge is 0.352 e. The first kappa shape index (κ1) is 23.6. The molecule has 1 fully saturated rings. The number of carbonyl (C=O) groups is 3. The Labute approximate surface area is 204 Å². The van der Waals surface area contributed by atoms with Crippen molar-refractivity contribution >= 4 is 23.4 Å². The molecule has 36 heavy (non-hydrogen) atoms. The topological polar surface area (TPSA) is 93.5 Å². The highest BCUT2D eigenvalue weighted by Gasteiger charge is 2.47. The quantitative estimate of drug-likeness (QED) is 0.665. The van der Waals surface area contributed by atoms with Gasteiger partial charge in [-0.1, -0.05) is 18.2 Å². The summed E-state index contributed by atoms with van der Waals surface area (Å²) in [5.74, 6) is -0.653. The third-order valence-electron chi connectivity index (χ3n) is 6.54. The van der Waals surface area contributed by atoms with Crippen LogP contribution in [0.5, 0.6) is 0 Å². The summed E-state index contributed by atoms with van der Waals surface area (Å²) in [7, 11) is 0. The van der Waals surface area contributed by atoms with Crippen molar-refractivity contribution in [2.45, 2.75) is 43.9 Å². The van der Waals surface area contributed by atoms with Crippen molar-refractivity contribution in [2.75, 3.05) is 11.4 Å². The van der Waals surface area contributed by atoms with E-state index in [0.717, 1.165) is 29.9 Å². The Bertz CT molecular complexity index is 1320. The number of amides is 3. The molecule has 1 saturated carbocycles. The van der Waals surface area contributed by atoms with Crippen LogP contribution in [0.4, 0.5) is 23.7 Å². The number of urea groups is 1. The molecule has 5 rings (SSSR count). The van der Waals surface area contributed by atoms with Gasteiger partial charge in [0.05, 0.1) is 28.9 Å². The Morgan fingerprint density at radius 3 is 2.44 bits per heavy atom. The van der Waals surface area contributed by atoms with Crippen LogP contribution in [0, 0.1) is 11.3 Å². The molecule has 1 atom stereocenters. The van der Waals surface area contributed by atoms with Gasteiger partial charge in [0.25, 0.3) is 0 Å². The van der Waals surface area contributed by atoms with Gasteiger partial charge in [0, 0.05) is 23.7 Å². The highest BCUT2D eigenvalue weighted by molar-refractivity contribution is 6.08. The average Bonchev–Trinajstić information content (AvgIpc) is 3.59. The van der Waals surface area contributed by atoms with E-state index in [1.165, 1.54) is 17.0 Å². The molecule has 2 aromatic rings. The fourth-order valence-electron chi connectivity index (χ4n) is 4.70. The van der Waals surface area contributed by atoms with E-state index in [1.54, 1.807) is 24.3 Å². The van der Waals surface area contributed by atoms with E-state index in [1.807, 2.05) is 6.07 Å². The van der Waals surface area contributed by atoms with Crippen molar-refractivity contribution in [1.82, 2.24) is 10.2 Å². The van der Waals surface area contributed by atoms with Crippen molar-refractivity contribution in [3.05, 3.63) is 76.5 Å². The largest absolute Gasteiger partial charge is 0.416 e. The van der Waals surface area contributed by atoms with E-state index >= 15 is 0 Å². The molecule has 7 nitrogen and oxygen atoms in total. The van der Waals surface area contributed by atoms with Crippen LogP contribution < -0.4 is 10.2 Å². The molecule has 3 amide bonds. The molecule has 0 radical (unpaired) electrons. The monoisotopic (exact) mass is 494 g/mol. The highest BCUT2D eigenvalue weighted by Crippen LogP contribution is 2.45. The molecule has 10 heteroatoms.